The van der Waals surface area contributed by atoms with Crippen LogP contribution in [-0.2, 0) is 23.8 Å². The minimum Gasteiger partial charge on any atom is -0.504 e. The molecule has 0 aromatic heterocycles. The van der Waals surface area contributed by atoms with Crippen molar-refractivity contribution in [2.75, 3.05) is 6.61 Å². The number of phenols is 2. The van der Waals surface area contributed by atoms with Crippen molar-refractivity contribution in [3.05, 3.63) is 34.0 Å². The number of rotatable bonds is 6. The Labute approximate surface area is 204 Å². The lowest BCUT2D eigenvalue weighted by molar-refractivity contribution is -0.253. The van der Waals surface area contributed by atoms with Gasteiger partial charge in [0, 0.05) is 19.8 Å². The molecule has 12 nitrogen and oxygen atoms in total. The third-order valence-corrected chi connectivity index (χ3v) is 6.09. The van der Waals surface area contributed by atoms with Crippen molar-refractivity contribution < 1.29 is 53.8 Å². The number of hydrogen-bond donors (Lipinski definition) is 4. The first-order chi connectivity index (χ1) is 16.8. The summed E-state index contributed by atoms with van der Waals surface area (Å²) in [5.41, 5.74) is -1.58. The van der Waals surface area contributed by atoms with Crippen molar-refractivity contribution in [1.82, 2.24) is 0 Å². The molecule has 0 spiro atoms. The third-order valence-electron chi connectivity index (χ3n) is 6.09. The Balaban J connectivity index is 2.11. The molecule has 5 atom stereocenters. The van der Waals surface area contributed by atoms with E-state index in [1.54, 1.807) is 13.8 Å². The van der Waals surface area contributed by atoms with Gasteiger partial charge in [-0.25, -0.2) is 4.79 Å². The lowest BCUT2D eigenvalue weighted by atomic mass is 9.83. The van der Waals surface area contributed by atoms with Gasteiger partial charge in [-0.05, 0) is 29.5 Å². The van der Waals surface area contributed by atoms with Crippen LogP contribution in [0.4, 0.5) is 0 Å². The topological polar surface area (TPSA) is 186 Å². The van der Waals surface area contributed by atoms with Gasteiger partial charge in [0.25, 0.3) is 0 Å². The minimum atomic E-state index is -1.46. The van der Waals surface area contributed by atoms with E-state index in [0.717, 1.165) is 12.1 Å². The highest BCUT2D eigenvalue weighted by atomic mass is 16.7. The lowest BCUT2D eigenvalue weighted by Crippen LogP contribution is -2.54. The molecule has 1 heterocycles. The predicted molar refractivity (Wildman–Crippen MR) is 122 cm³/mol. The van der Waals surface area contributed by atoms with Gasteiger partial charge in [0.1, 0.15) is 6.61 Å². The molecule has 4 N–H and O–H groups in total. The Morgan fingerprint density at radius 3 is 2.22 bits per heavy atom. The van der Waals surface area contributed by atoms with E-state index >= 15 is 0 Å². The number of carbonyl (C=O) groups excluding carboxylic acids is 2. The number of fused-ring (bicyclic) bond motifs is 1. The fraction of sp³-hybridized carbons (Fsp3) is 0.417. The second-order valence-electron chi connectivity index (χ2n) is 8.56. The molecule has 0 amide bonds. The normalized spacial score (nSPS) is 23.6. The van der Waals surface area contributed by atoms with Gasteiger partial charge >= 0.3 is 17.9 Å². The monoisotopic (exact) mass is 506 g/mol. The van der Waals surface area contributed by atoms with Crippen LogP contribution in [-0.4, -0.2) is 63.4 Å². The van der Waals surface area contributed by atoms with Crippen molar-refractivity contribution in [3.63, 3.8) is 0 Å². The Kier molecular flexibility index (Phi) is 7.58. The molecular formula is C24H26O12. The smallest absolute Gasteiger partial charge is 0.335 e. The number of ether oxygens (including phenoxy) is 4. The first-order valence-electron chi connectivity index (χ1n) is 10.9. The molecule has 1 aliphatic heterocycles. The van der Waals surface area contributed by atoms with E-state index in [4.69, 9.17) is 18.9 Å². The average Bonchev–Trinajstić information content (AvgIpc) is 2.91. The average molecular weight is 506 g/mol. The summed E-state index contributed by atoms with van der Waals surface area (Å²) < 4.78 is 22.1. The van der Waals surface area contributed by atoms with Gasteiger partial charge in [0.05, 0.1) is 17.1 Å². The molecule has 2 aromatic carbocycles. The van der Waals surface area contributed by atoms with E-state index in [9.17, 15) is 39.6 Å². The highest BCUT2D eigenvalue weighted by Gasteiger charge is 2.45. The quantitative estimate of drug-likeness (QED) is 0.330. The fourth-order valence-corrected chi connectivity index (χ4v) is 3.99. The summed E-state index contributed by atoms with van der Waals surface area (Å²) >= 11 is 0. The Bertz CT molecular complexity index is 1270. The van der Waals surface area contributed by atoms with Crippen molar-refractivity contribution in [1.29, 1.82) is 0 Å². The van der Waals surface area contributed by atoms with Gasteiger partial charge in [0.2, 0.25) is 17.5 Å². The summed E-state index contributed by atoms with van der Waals surface area (Å²) in [6, 6.07) is 2.80. The van der Waals surface area contributed by atoms with Crippen LogP contribution in [0.2, 0.25) is 0 Å². The molecule has 3 rings (SSSR count). The van der Waals surface area contributed by atoms with Crippen molar-refractivity contribution in [2.45, 2.75) is 46.2 Å². The zero-order chi connectivity index (χ0) is 26.9. The molecule has 0 bridgehead atoms. The molecule has 0 saturated carbocycles. The van der Waals surface area contributed by atoms with Crippen molar-refractivity contribution >= 4 is 28.7 Å². The maximum atomic E-state index is 12.5. The first kappa shape index (κ1) is 26.5. The summed E-state index contributed by atoms with van der Waals surface area (Å²) in [4.78, 5) is 47.1. The van der Waals surface area contributed by atoms with E-state index in [-0.39, 0.29) is 23.8 Å². The Morgan fingerprint density at radius 1 is 0.972 bits per heavy atom. The Morgan fingerprint density at radius 2 is 1.64 bits per heavy atom. The van der Waals surface area contributed by atoms with Crippen molar-refractivity contribution in [3.8, 4) is 23.0 Å². The zero-order valence-corrected chi connectivity index (χ0v) is 19.9. The molecule has 12 heteroatoms. The number of carboxylic acid groups (broad SMARTS) is 1. The van der Waals surface area contributed by atoms with Gasteiger partial charge in [-0.15, -0.1) is 0 Å². The van der Waals surface area contributed by atoms with Crippen LogP contribution < -0.4 is 10.2 Å². The van der Waals surface area contributed by atoms with Crippen LogP contribution in [0.1, 0.15) is 38.1 Å². The van der Waals surface area contributed by atoms with Crippen LogP contribution in [0.3, 0.4) is 0 Å². The van der Waals surface area contributed by atoms with Crippen LogP contribution in [0.5, 0.6) is 23.0 Å². The number of carboxylic acids is 1. The second-order valence-corrected chi connectivity index (χ2v) is 8.56. The molecule has 36 heavy (non-hydrogen) atoms. The molecule has 0 radical (unpaired) electrons. The molecule has 2 aromatic rings. The predicted octanol–water partition coefficient (Wildman–Crippen LogP) is 1.89. The van der Waals surface area contributed by atoms with Crippen LogP contribution in [0, 0.1) is 11.8 Å². The van der Waals surface area contributed by atoms with E-state index in [1.807, 2.05) is 0 Å². The summed E-state index contributed by atoms with van der Waals surface area (Å²) in [5, 5.41) is 39.7. The van der Waals surface area contributed by atoms with Crippen LogP contribution in [0.15, 0.2) is 23.0 Å². The lowest BCUT2D eigenvalue weighted by Gasteiger charge is -2.43. The molecule has 1 aliphatic rings. The van der Waals surface area contributed by atoms with E-state index in [0.29, 0.717) is 6.07 Å². The molecular weight excluding hydrogens is 480 g/mol. The number of phenolic OH excluding ortho intramolecular Hbond substituents is 2. The minimum absolute atomic E-state index is 0.126. The number of aromatic hydroxyl groups is 3. The number of benzene rings is 1. The molecule has 0 unspecified atom stereocenters. The number of aromatic carboxylic acids is 1. The second kappa shape index (κ2) is 10.3. The zero-order valence-electron chi connectivity index (χ0n) is 19.9. The number of carbonyl (C=O) groups is 3. The van der Waals surface area contributed by atoms with E-state index in [2.05, 4.69) is 0 Å². The number of esters is 2. The fourth-order valence-electron chi connectivity index (χ4n) is 3.99. The third kappa shape index (κ3) is 5.28. The standard InChI is InChI=1S/C24H26O12/c1-9-10(2)22(34-12(4)26)24(36-17(9)8-33-11(3)25)35-16-7-13-5-14(23(31)32)6-15(27)19(28)18(13)21(30)20(16)29/h5-7,9-10,17,22,24,29-30H,8H2,1-4H3,(H,27,28)(H,31,32)/t9-,10-,17+,22+,24+/m0/s1. The van der Waals surface area contributed by atoms with E-state index < -0.39 is 75.8 Å². The maximum Gasteiger partial charge on any atom is 0.335 e. The SMILES string of the molecule is CC(=O)OC[C@H]1O[C@@H](Oc2cc3cc(C(=O)O)cc(O)c(=O)c3c(O)c2O)[C@H](OC(C)=O)[C@@H](C)[C@@H]1C. The maximum absolute atomic E-state index is 12.5. The van der Waals surface area contributed by atoms with Crippen molar-refractivity contribution in [2.24, 2.45) is 11.8 Å². The largest absolute Gasteiger partial charge is 0.504 e. The molecule has 1 fully saturated rings. The summed E-state index contributed by atoms with van der Waals surface area (Å²) in [5.74, 6) is -6.48. The van der Waals surface area contributed by atoms with Gasteiger partial charge in [-0.3, -0.25) is 14.4 Å². The summed E-state index contributed by atoms with van der Waals surface area (Å²) in [6.07, 6.45) is -3.01. The van der Waals surface area contributed by atoms with Gasteiger partial charge in [-0.2, -0.15) is 0 Å². The number of hydrogen-bond acceptors (Lipinski definition) is 11. The van der Waals surface area contributed by atoms with Crippen LogP contribution >= 0.6 is 0 Å². The van der Waals surface area contributed by atoms with Gasteiger partial charge in [-0.1, -0.05) is 13.8 Å². The Hall–Kier alpha value is -4.06. The van der Waals surface area contributed by atoms with E-state index in [1.165, 1.54) is 13.8 Å². The summed E-state index contributed by atoms with van der Waals surface area (Å²) in [6.45, 7) is 5.87. The first-order valence-corrected chi connectivity index (χ1v) is 10.9. The van der Waals surface area contributed by atoms with Crippen LogP contribution in [0.25, 0.3) is 10.8 Å². The molecule has 0 aliphatic carbocycles. The van der Waals surface area contributed by atoms with Gasteiger partial charge < -0.3 is 39.4 Å². The highest BCUT2D eigenvalue weighted by Crippen LogP contribution is 2.43. The highest BCUT2D eigenvalue weighted by molar-refractivity contribution is 5.97. The molecule has 1 saturated heterocycles. The molecule has 194 valence electrons. The van der Waals surface area contributed by atoms with Gasteiger partial charge in [0.15, 0.2) is 23.4 Å². The summed E-state index contributed by atoms with van der Waals surface area (Å²) in [7, 11) is 0.